The SMILES string of the molecule is CCCCCCC/C=C/C(CCCCCCCCCCCCCCCCCC)COS(=O)(=O)[O-].[K+]. The van der Waals surface area contributed by atoms with E-state index in [2.05, 4.69) is 30.2 Å². The van der Waals surface area contributed by atoms with Gasteiger partial charge in [-0.2, -0.15) is 0 Å². The van der Waals surface area contributed by atoms with Crippen LogP contribution in [0.5, 0.6) is 0 Å². The average molecular weight is 541 g/mol. The molecule has 0 N–H and O–H groups in total. The van der Waals surface area contributed by atoms with Crippen LogP contribution in [-0.2, 0) is 14.6 Å². The fourth-order valence-electron chi connectivity index (χ4n) is 4.51. The monoisotopic (exact) mass is 540 g/mol. The van der Waals surface area contributed by atoms with Crippen LogP contribution >= 0.6 is 0 Å². The zero-order chi connectivity index (χ0) is 25.2. The summed E-state index contributed by atoms with van der Waals surface area (Å²) in [6.45, 7) is 4.47. The second kappa shape index (κ2) is 29.8. The first kappa shape index (κ1) is 38.4. The summed E-state index contributed by atoms with van der Waals surface area (Å²) in [5, 5.41) is 0. The molecular weight excluding hydrogens is 483 g/mol. The zero-order valence-electron chi connectivity index (χ0n) is 23.7. The van der Waals surface area contributed by atoms with Gasteiger partial charge in [0.15, 0.2) is 0 Å². The van der Waals surface area contributed by atoms with Gasteiger partial charge in [-0.3, -0.25) is 4.18 Å². The first-order valence-corrected chi connectivity index (χ1v) is 16.1. The number of rotatable bonds is 27. The molecule has 4 nitrogen and oxygen atoms in total. The molecule has 0 amide bonds. The van der Waals surface area contributed by atoms with Gasteiger partial charge in [0.2, 0.25) is 10.4 Å². The van der Waals surface area contributed by atoms with Crippen LogP contribution in [0.25, 0.3) is 0 Å². The molecule has 0 aliphatic rings. The van der Waals surface area contributed by atoms with E-state index in [1.54, 1.807) is 0 Å². The van der Waals surface area contributed by atoms with E-state index in [1.807, 2.05) is 0 Å². The Morgan fingerprint density at radius 3 is 1.40 bits per heavy atom. The molecule has 0 radical (unpaired) electrons. The average Bonchev–Trinajstić information content (AvgIpc) is 2.80. The van der Waals surface area contributed by atoms with Crippen molar-refractivity contribution in [1.29, 1.82) is 0 Å². The van der Waals surface area contributed by atoms with Gasteiger partial charge in [0, 0.05) is 5.92 Å². The summed E-state index contributed by atoms with van der Waals surface area (Å²) in [6.07, 6.45) is 33.8. The molecular formula is C29H57KO4S. The normalized spacial score (nSPS) is 12.8. The zero-order valence-corrected chi connectivity index (χ0v) is 27.7. The Morgan fingerprint density at radius 2 is 1.00 bits per heavy atom. The van der Waals surface area contributed by atoms with E-state index in [9.17, 15) is 13.0 Å². The van der Waals surface area contributed by atoms with Crippen LogP contribution in [0.3, 0.4) is 0 Å². The van der Waals surface area contributed by atoms with Crippen LogP contribution in [0.2, 0.25) is 0 Å². The van der Waals surface area contributed by atoms with Gasteiger partial charge in [-0.1, -0.05) is 154 Å². The van der Waals surface area contributed by atoms with Crippen molar-refractivity contribution in [1.82, 2.24) is 0 Å². The number of allylic oxidation sites excluding steroid dienone is 1. The fourth-order valence-corrected chi connectivity index (χ4v) is 4.86. The smallest absolute Gasteiger partial charge is 0.726 e. The minimum atomic E-state index is -4.61. The Balaban J connectivity index is 0. The van der Waals surface area contributed by atoms with E-state index in [0.29, 0.717) is 0 Å². The van der Waals surface area contributed by atoms with Crippen molar-refractivity contribution >= 4 is 10.4 Å². The summed E-state index contributed by atoms with van der Waals surface area (Å²) < 4.78 is 37.0. The third-order valence-electron chi connectivity index (χ3n) is 6.74. The maximum atomic E-state index is 10.8. The first-order chi connectivity index (χ1) is 16.5. The predicted octanol–water partition coefficient (Wildman–Crippen LogP) is 6.65. The van der Waals surface area contributed by atoms with E-state index in [0.717, 1.165) is 19.3 Å². The molecule has 6 heteroatoms. The maximum absolute atomic E-state index is 10.8. The minimum absolute atomic E-state index is 0. The molecule has 0 spiro atoms. The molecule has 0 aromatic heterocycles. The minimum Gasteiger partial charge on any atom is -0.726 e. The summed E-state index contributed by atoms with van der Waals surface area (Å²) in [7, 11) is -4.61. The van der Waals surface area contributed by atoms with E-state index in [4.69, 9.17) is 0 Å². The van der Waals surface area contributed by atoms with Crippen molar-refractivity contribution in [2.24, 2.45) is 5.92 Å². The van der Waals surface area contributed by atoms with Crippen LogP contribution < -0.4 is 51.4 Å². The molecule has 0 fully saturated rings. The largest absolute Gasteiger partial charge is 1.00 e. The first-order valence-electron chi connectivity index (χ1n) is 14.8. The molecule has 0 aliphatic heterocycles. The van der Waals surface area contributed by atoms with Gasteiger partial charge in [-0.05, 0) is 19.3 Å². The molecule has 1 atom stereocenters. The third-order valence-corrected chi connectivity index (χ3v) is 7.16. The van der Waals surface area contributed by atoms with Crippen LogP contribution in [0.1, 0.15) is 162 Å². The summed E-state index contributed by atoms with van der Waals surface area (Å²) >= 11 is 0. The molecule has 35 heavy (non-hydrogen) atoms. The second-order valence-corrected chi connectivity index (χ2v) is 11.2. The van der Waals surface area contributed by atoms with Gasteiger partial charge < -0.3 is 4.55 Å². The Kier molecular flexibility index (Phi) is 32.7. The van der Waals surface area contributed by atoms with Gasteiger partial charge in [-0.15, -0.1) is 0 Å². The van der Waals surface area contributed by atoms with Crippen molar-refractivity contribution in [3.8, 4) is 0 Å². The quantitative estimate of drug-likeness (QED) is 0.0384. The Labute approximate surface area is 262 Å². The van der Waals surface area contributed by atoms with Gasteiger partial charge >= 0.3 is 51.4 Å². The van der Waals surface area contributed by atoms with Crippen LogP contribution in [0, 0.1) is 5.92 Å². The van der Waals surface area contributed by atoms with E-state index >= 15 is 0 Å². The Hall–Kier alpha value is 1.25. The van der Waals surface area contributed by atoms with Crippen molar-refractivity contribution in [3.63, 3.8) is 0 Å². The Bertz CT molecular complexity index is 537. The molecule has 0 rings (SSSR count). The summed E-state index contributed by atoms with van der Waals surface area (Å²) in [5.41, 5.74) is 0. The summed E-state index contributed by atoms with van der Waals surface area (Å²) in [6, 6.07) is 0. The maximum Gasteiger partial charge on any atom is 1.00 e. The van der Waals surface area contributed by atoms with E-state index in [1.165, 1.54) is 128 Å². The van der Waals surface area contributed by atoms with Gasteiger partial charge in [0.25, 0.3) is 0 Å². The number of hydrogen-bond acceptors (Lipinski definition) is 4. The summed E-state index contributed by atoms with van der Waals surface area (Å²) in [4.78, 5) is 0. The van der Waals surface area contributed by atoms with Crippen molar-refractivity contribution in [2.45, 2.75) is 162 Å². The molecule has 1 unspecified atom stereocenters. The number of unbranched alkanes of at least 4 members (excludes halogenated alkanes) is 20. The molecule has 0 aromatic rings. The third kappa shape index (κ3) is 33.2. The standard InChI is InChI=1S/C29H58O4S.K/c1-3-5-7-9-11-12-13-14-15-16-17-18-19-21-23-25-27-29(28-33-34(30,31)32)26-24-22-20-10-8-6-4-2;/h24,26,29H,3-23,25,27-28H2,1-2H3,(H,30,31,32);/q;+1/p-1/b26-24+;. The van der Waals surface area contributed by atoms with Crippen molar-refractivity contribution in [2.75, 3.05) is 6.61 Å². The van der Waals surface area contributed by atoms with Gasteiger partial charge in [0.1, 0.15) is 0 Å². The Morgan fingerprint density at radius 1 is 0.629 bits per heavy atom. The molecule has 0 bridgehead atoms. The van der Waals surface area contributed by atoms with Crippen LogP contribution in [-0.4, -0.2) is 19.6 Å². The molecule has 0 aliphatic carbocycles. The van der Waals surface area contributed by atoms with Crippen molar-refractivity contribution in [3.05, 3.63) is 12.2 Å². The van der Waals surface area contributed by atoms with E-state index in [-0.39, 0.29) is 63.9 Å². The predicted molar refractivity (Wildman–Crippen MR) is 146 cm³/mol. The number of hydrogen-bond donors (Lipinski definition) is 0. The van der Waals surface area contributed by atoms with E-state index < -0.39 is 10.4 Å². The molecule has 0 saturated carbocycles. The topological polar surface area (TPSA) is 66.4 Å². The fraction of sp³-hybridized carbons (Fsp3) is 0.931. The molecule has 204 valence electrons. The summed E-state index contributed by atoms with van der Waals surface area (Å²) in [5.74, 6) is 0.0195. The van der Waals surface area contributed by atoms with Gasteiger partial charge in [0.05, 0.1) is 6.61 Å². The molecule has 0 saturated heterocycles. The second-order valence-electron chi connectivity index (χ2n) is 10.2. The molecule has 0 aromatic carbocycles. The van der Waals surface area contributed by atoms with Crippen molar-refractivity contribution < 1.29 is 68.5 Å². The molecule has 0 heterocycles. The van der Waals surface area contributed by atoms with Crippen LogP contribution in [0.15, 0.2) is 12.2 Å². The van der Waals surface area contributed by atoms with Gasteiger partial charge in [-0.25, -0.2) is 8.42 Å². The van der Waals surface area contributed by atoms with Crippen LogP contribution in [0.4, 0.5) is 0 Å².